The maximum absolute atomic E-state index is 13.1. The van der Waals surface area contributed by atoms with Gasteiger partial charge >= 0.3 is 0 Å². The minimum atomic E-state index is -3.83. The Morgan fingerprint density at radius 2 is 1.83 bits per heavy atom. The molecule has 1 atom stereocenters. The standard InChI is InChI=1S/C20H25FN4O3S/c1-15(20(26)23-17-4-2-5-19(14-17)29(22,27)28)24-10-3-11-25(13-12-24)18-8-6-16(21)7-9-18/h2,4-9,14-15H,3,10-13H2,1H3,(H,23,26)(H2,22,27,28). The molecule has 0 saturated carbocycles. The zero-order valence-corrected chi connectivity index (χ0v) is 17.0. The number of nitrogens with zero attached hydrogens (tertiary/aromatic N) is 2. The van der Waals surface area contributed by atoms with E-state index >= 15 is 0 Å². The molecule has 29 heavy (non-hydrogen) atoms. The Kier molecular flexibility index (Phi) is 6.51. The zero-order valence-electron chi connectivity index (χ0n) is 16.2. The molecule has 1 heterocycles. The van der Waals surface area contributed by atoms with Crippen molar-refractivity contribution in [3.05, 3.63) is 54.3 Å². The van der Waals surface area contributed by atoms with Crippen molar-refractivity contribution in [2.45, 2.75) is 24.3 Å². The van der Waals surface area contributed by atoms with Gasteiger partial charge in [-0.05, 0) is 55.8 Å². The van der Waals surface area contributed by atoms with Crippen molar-refractivity contribution in [2.24, 2.45) is 5.14 Å². The molecule has 0 aliphatic carbocycles. The van der Waals surface area contributed by atoms with Crippen molar-refractivity contribution in [2.75, 3.05) is 36.4 Å². The number of amides is 1. The molecule has 156 valence electrons. The highest BCUT2D eigenvalue weighted by molar-refractivity contribution is 7.89. The number of anilines is 2. The minimum absolute atomic E-state index is 0.0485. The van der Waals surface area contributed by atoms with Gasteiger partial charge in [0.2, 0.25) is 15.9 Å². The predicted octanol–water partition coefficient (Wildman–Crippen LogP) is 2.01. The molecule has 9 heteroatoms. The van der Waals surface area contributed by atoms with Crippen LogP contribution in [0.3, 0.4) is 0 Å². The summed E-state index contributed by atoms with van der Waals surface area (Å²) in [5.74, 6) is -0.478. The second-order valence-electron chi connectivity index (χ2n) is 7.09. The van der Waals surface area contributed by atoms with Gasteiger partial charge in [0, 0.05) is 37.6 Å². The van der Waals surface area contributed by atoms with Gasteiger partial charge in [-0.25, -0.2) is 17.9 Å². The first-order valence-corrected chi connectivity index (χ1v) is 11.0. The van der Waals surface area contributed by atoms with Crippen molar-refractivity contribution in [3.8, 4) is 0 Å². The molecule has 2 aromatic carbocycles. The van der Waals surface area contributed by atoms with E-state index in [1.807, 2.05) is 6.92 Å². The van der Waals surface area contributed by atoms with Crippen LogP contribution >= 0.6 is 0 Å². The van der Waals surface area contributed by atoms with E-state index in [1.54, 1.807) is 18.2 Å². The Labute approximate surface area is 170 Å². The summed E-state index contributed by atoms with van der Waals surface area (Å²) in [6.07, 6.45) is 0.871. The van der Waals surface area contributed by atoms with Gasteiger partial charge in [0.15, 0.2) is 0 Å². The van der Waals surface area contributed by atoms with Crippen LogP contribution < -0.4 is 15.4 Å². The number of halogens is 1. The summed E-state index contributed by atoms with van der Waals surface area (Å²) in [5.41, 5.74) is 1.35. The number of rotatable bonds is 5. The summed E-state index contributed by atoms with van der Waals surface area (Å²) >= 11 is 0. The van der Waals surface area contributed by atoms with Crippen molar-refractivity contribution < 1.29 is 17.6 Å². The van der Waals surface area contributed by atoms with Crippen molar-refractivity contribution >= 4 is 27.3 Å². The molecule has 0 radical (unpaired) electrons. The van der Waals surface area contributed by atoms with Gasteiger partial charge < -0.3 is 10.2 Å². The van der Waals surface area contributed by atoms with E-state index in [-0.39, 0.29) is 22.7 Å². The molecule has 2 aromatic rings. The lowest BCUT2D eigenvalue weighted by Gasteiger charge is -2.27. The fraction of sp³-hybridized carbons (Fsp3) is 0.350. The Hall–Kier alpha value is -2.49. The monoisotopic (exact) mass is 420 g/mol. The Morgan fingerprint density at radius 3 is 2.52 bits per heavy atom. The molecule has 3 rings (SSSR count). The molecule has 1 fully saturated rings. The van der Waals surface area contributed by atoms with Gasteiger partial charge in [0.1, 0.15) is 5.82 Å². The van der Waals surface area contributed by atoms with Gasteiger partial charge in [0.25, 0.3) is 0 Å². The molecule has 1 amide bonds. The molecule has 1 aliphatic rings. The van der Waals surface area contributed by atoms with Crippen LogP contribution in [0.25, 0.3) is 0 Å². The van der Waals surface area contributed by atoms with E-state index < -0.39 is 10.0 Å². The van der Waals surface area contributed by atoms with Crippen LogP contribution in [0.15, 0.2) is 53.4 Å². The van der Waals surface area contributed by atoms with Crippen molar-refractivity contribution in [3.63, 3.8) is 0 Å². The maximum atomic E-state index is 13.1. The molecule has 0 spiro atoms. The van der Waals surface area contributed by atoms with Crippen LogP contribution in [0.5, 0.6) is 0 Å². The number of nitrogens with two attached hydrogens (primary N) is 1. The van der Waals surface area contributed by atoms with Gasteiger partial charge in [-0.15, -0.1) is 0 Å². The summed E-state index contributed by atoms with van der Waals surface area (Å²) < 4.78 is 36.1. The largest absolute Gasteiger partial charge is 0.370 e. The van der Waals surface area contributed by atoms with Crippen LogP contribution in [0, 0.1) is 5.82 Å². The van der Waals surface area contributed by atoms with E-state index in [0.29, 0.717) is 12.2 Å². The smallest absolute Gasteiger partial charge is 0.241 e. The molecule has 0 aromatic heterocycles. The molecular weight excluding hydrogens is 395 g/mol. The number of nitrogens with one attached hydrogen (secondary N) is 1. The first-order valence-electron chi connectivity index (χ1n) is 9.42. The van der Waals surface area contributed by atoms with E-state index in [1.165, 1.54) is 30.3 Å². The molecule has 0 bridgehead atoms. The maximum Gasteiger partial charge on any atom is 0.241 e. The number of carbonyl (C=O) groups is 1. The topological polar surface area (TPSA) is 95.7 Å². The quantitative estimate of drug-likeness (QED) is 0.772. The van der Waals surface area contributed by atoms with Gasteiger partial charge in [-0.1, -0.05) is 6.07 Å². The molecule has 1 aliphatic heterocycles. The average molecular weight is 421 g/mol. The lowest BCUT2D eigenvalue weighted by atomic mass is 10.2. The Balaban J connectivity index is 1.62. The number of primary sulfonamides is 1. The van der Waals surface area contributed by atoms with E-state index in [4.69, 9.17) is 5.14 Å². The lowest BCUT2D eigenvalue weighted by Crippen LogP contribution is -2.44. The highest BCUT2D eigenvalue weighted by atomic mass is 32.2. The number of carbonyl (C=O) groups excluding carboxylic acids is 1. The van der Waals surface area contributed by atoms with E-state index in [0.717, 1.165) is 31.7 Å². The number of hydrogen-bond donors (Lipinski definition) is 2. The van der Waals surface area contributed by atoms with Crippen LogP contribution in [0.2, 0.25) is 0 Å². The van der Waals surface area contributed by atoms with Crippen LogP contribution in [0.1, 0.15) is 13.3 Å². The third-order valence-corrected chi connectivity index (χ3v) is 5.99. The lowest BCUT2D eigenvalue weighted by molar-refractivity contribution is -0.120. The van der Waals surface area contributed by atoms with Crippen molar-refractivity contribution in [1.82, 2.24) is 4.90 Å². The summed E-state index contributed by atoms with van der Waals surface area (Å²) in [7, 11) is -3.83. The van der Waals surface area contributed by atoms with E-state index in [2.05, 4.69) is 15.1 Å². The predicted molar refractivity (Wildman–Crippen MR) is 111 cm³/mol. The number of sulfonamides is 1. The third kappa shape index (κ3) is 5.53. The van der Waals surface area contributed by atoms with Gasteiger partial charge in [0.05, 0.1) is 10.9 Å². The fourth-order valence-electron chi connectivity index (χ4n) is 3.40. The number of hydrogen-bond acceptors (Lipinski definition) is 5. The SMILES string of the molecule is CC(C(=O)Nc1cccc(S(N)(=O)=O)c1)N1CCCN(c2ccc(F)cc2)CC1. The molecule has 1 saturated heterocycles. The van der Waals surface area contributed by atoms with E-state index in [9.17, 15) is 17.6 Å². The highest BCUT2D eigenvalue weighted by Crippen LogP contribution is 2.19. The van der Waals surface area contributed by atoms with Crippen molar-refractivity contribution in [1.29, 1.82) is 0 Å². The molecule has 1 unspecified atom stereocenters. The minimum Gasteiger partial charge on any atom is -0.370 e. The Morgan fingerprint density at radius 1 is 1.10 bits per heavy atom. The third-order valence-electron chi connectivity index (χ3n) is 5.08. The summed E-state index contributed by atoms with van der Waals surface area (Å²) in [6, 6.07) is 11.9. The van der Waals surface area contributed by atoms with Gasteiger partial charge in [-0.3, -0.25) is 9.69 Å². The highest BCUT2D eigenvalue weighted by Gasteiger charge is 2.24. The van der Waals surface area contributed by atoms with Crippen LogP contribution in [-0.2, 0) is 14.8 Å². The molecule has 3 N–H and O–H groups in total. The molecular formula is C20H25FN4O3S. The molecule has 7 nitrogen and oxygen atoms in total. The first-order chi connectivity index (χ1) is 13.7. The van der Waals surface area contributed by atoms with Crippen LogP contribution in [0.4, 0.5) is 15.8 Å². The zero-order chi connectivity index (χ0) is 21.0. The average Bonchev–Trinajstić information content (AvgIpc) is 2.94. The van der Waals surface area contributed by atoms with Crippen LogP contribution in [-0.4, -0.2) is 51.4 Å². The first kappa shape index (κ1) is 21.2. The summed E-state index contributed by atoms with van der Waals surface area (Å²) in [5, 5.41) is 7.91. The second-order valence-corrected chi connectivity index (χ2v) is 8.65. The van der Waals surface area contributed by atoms with Gasteiger partial charge in [-0.2, -0.15) is 0 Å². The fourth-order valence-corrected chi connectivity index (χ4v) is 3.96. The summed E-state index contributed by atoms with van der Waals surface area (Å²) in [4.78, 5) is 16.9. The second kappa shape index (κ2) is 8.89. The summed E-state index contributed by atoms with van der Waals surface area (Å²) in [6.45, 7) is 4.82. The Bertz CT molecular complexity index is 966. The number of benzene rings is 2. The normalized spacial score (nSPS) is 16.9.